The van der Waals surface area contributed by atoms with Crippen LogP contribution in [0.1, 0.15) is 12.5 Å². The van der Waals surface area contributed by atoms with Crippen molar-refractivity contribution in [3.05, 3.63) is 38.8 Å². The summed E-state index contributed by atoms with van der Waals surface area (Å²) in [6.07, 6.45) is 4.38. The minimum Gasteiger partial charge on any atom is -0.383 e. The van der Waals surface area contributed by atoms with E-state index in [2.05, 4.69) is 15.4 Å². The van der Waals surface area contributed by atoms with E-state index in [9.17, 15) is 9.59 Å². The molecule has 0 fully saturated rings. The van der Waals surface area contributed by atoms with Gasteiger partial charge < -0.3 is 11.1 Å². The first-order valence-electron chi connectivity index (χ1n) is 6.37. The van der Waals surface area contributed by atoms with Crippen LogP contribution in [0.25, 0.3) is 0 Å². The molecule has 0 saturated carbocycles. The molecule has 2 rings (SSSR count). The van der Waals surface area contributed by atoms with Crippen molar-refractivity contribution in [2.45, 2.75) is 19.9 Å². The fourth-order valence-corrected chi connectivity index (χ4v) is 2.01. The summed E-state index contributed by atoms with van der Waals surface area (Å²) in [5.41, 5.74) is 6.14. The highest BCUT2D eigenvalue weighted by Gasteiger charge is 2.10. The maximum Gasteiger partial charge on any atom is 0.330 e. The Morgan fingerprint density at radius 2 is 2.20 bits per heavy atom. The summed E-state index contributed by atoms with van der Waals surface area (Å²) in [6, 6.07) is 0. The van der Waals surface area contributed by atoms with E-state index < -0.39 is 11.2 Å². The fourth-order valence-electron chi connectivity index (χ4n) is 2.01. The largest absolute Gasteiger partial charge is 0.383 e. The van der Waals surface area contributed by atoms with E-state index in [1.54, 1.807) is 17.8 Å². The van der Waals surface area contributed by atoms with Gasteiger partial charge in [0.25, 0.3) is 5.56 Å². The number of nitrogens with two attached hydrogens (primary N) is 1. The summed E-state index contributed by atoms with van der Waals surface area (Å²) in [7, 11) is 1.84. The van der Waals surface area contributed by atoms with E-state index in [0.29, 0.717) is 19.5 Å². The molecular formula is C12H18N6O2. The van der Waals surface area contributed by atoms with Gasteiger partial charge in [-0.15, -0.1) is 0 Å². The lowest BCUT2D eigenvalue weighted by atomic mass is 10.2. The van der Waals surface area contributed by atoms with Crippen LogP contribution in [0.5, 0.6) is 0 Å². The lowest BCUT2D eigenvalue weighted by Gasteiger charge is -2.12. The van der Waals surface area contributed by atoms with Gasteiger partial charge in [0.1, 0.15) is 11.5 Å². The minimum atomic E-state index is -0.497. The Bertz CT molecular complexity index is 711. The first-order valence-corrected chi connectivity index (χ1v) is 6.37. The Balaban J connectivity index is 2.13. The molecule has 0 spiro atoms. The van der Waals surface area contributed by atoms with Crippen LogP contribution in [-0.4, -0.2) is 25.9 Å². The van der Waals surface area contributed by atoms with E-state index >= 15 is 0 Å². The Morgan fingerprint density at radius 1 is 1.45 bits per heavy atom. The van der Waals surface area contributed by atoms with Crippen molar-refractivity contribution in [3.63, 3.8) is 0 Å². The molecule has 2 heterocycles. The molecule has 0 aliphatic carbocycles. The predicted molar refractivity (Wildman–Crippen MR) is 76.8 cm³/mol. The average molecular weight is 278 g/mol. The number of aryl methyl sites for hydroxylation is 1. The normalized spacial score (nSPS) is 10.7. The zero-order valence-electron chi connectivity index (χ0n) is 11.5. The van der Waals surface area contributed by atoms with Crippen LogP contribution < -0.4 is 22.3 Å². The van der Waals surface area contributed by atoms with Crippen LogP contribution >= 0.6 is 0 Å². The number of anilines is 2. The molecule has 8 nitrogen and oxygen atoms in total. The Hall–Kier alpha value is -2.51. The molecule has 8 heteroatoms. The minimum absolute atomic E-state index is 0.160. The van der Waals surface area contributed by atoms with Gasteiger partial charge in [-0.05, 0) is 18.9 Å². The van der Waals surface area contributed by atoms with Gasteiger partial charge in [0.2, 0.25) is 0 Å². The third-order valence-electron chi connectivity index (χ3n) is 3.03. The van der Waals surface area contributed by atoms with Crippen LogP contribution in [-0.2, 0) is 20.0 Å². The summed E-state index contributed by atoms with van der Waals surface area (Å²) >= 11 is 0. The first-order chi connectivity index (χ1) is 9.52. The highest BCUT2D eigenvalue weighted by Crippen LogP contribution is 2.09. The lowest BCUT2D eigenvalue weighted by Crippen LogP contribution is -2.34. The molecule has 0 aliphatic rings. The molecule has 20 heavy (non-hydrogen) atoms. The third kappa shape index (κ3) is 2.73. The van der Waals surface area contributed by atoms with E-state index in [4.69, 9.17) is 5.73 Å². The number of H-pyrrole nitrogens is 1. The summed E-state index contributed by atoms with van der Waals surface area (Å²) in [6.45, 7) is 2.72. The topological polar surface area (TPSA) is 111 Å². The van der Waals surface area contributed by atoms with Crippen LogP contribution in [0.4, 0.5) is 11.5 Å². The van der Waals surface area contributed by atoms with Crippen LogP contribution in [0, 0.1) is 0 Å². The molecule has 2 aromatic rings. The number of nitrogen functional groups attached to an aromatic ring is 1. The Kier molecular flexibility index (Phi) is 3.92. The number of nitrogens with one attached hydrogen (secondary N) is 2. The first kappa shape index (κ1) is 13.9. The van der Waals surface area contributed by atoms with Gasteiger partial charge in [0.05, 0.1) is 6.20 Å². The van der Waals surface area contributed by atoms with Crippen LogP contribution in [0.2, 0.25) is 0 Å². The summed E-state index contributed by atoms with van der Waals surface area (Å²) < 4.78 is 3.03. The Labute approximate surface area is 115 Å². The van der Waals surface area contributed by atoms with Crippen molar-refractivity contribution in [1.82, 2.24) is 19.3 Å². The SMILES string of the molecule is CCn1c(N)c(NCCc2cnn(C)c2)c(=O)[nH]c1=O. The van der Waals surface area contributed by atoms with Gasteiger partial charge in [-0.2, -0.15) is 5.10 Å². The molecule has 0 aliphatic heterocycles. The van der Waals surface area contributed by atoms with Crippen molar-refractivity contribution < 1.29 is 0 Å². The Morgan fingerprint density at radius 3 is 2.80 bits per heavy atom. The summed E-state index contributed by atoms with van der Waals surface area (Å²) in [4.78, 5) is 25.5. The van der Waals surface area contributed by atoms with Crippen molar-refractivity contribution in [2.75, 3.05) is 17.6 Å². The van der Waals surface area contributed by atoms with Crippen molar-refractivity contribution in [3.8, 4) is 0 Å². The smallest absolute Gasteiger partial charge is 0.330 e. The number of aromatic nitrogens is 4. The fraction of sp³-hybridized carbons (Fsp3) is 0.417. The lowest BCUT2D eigenvalue weighted by molar-refractivity contribution is 0.706. The van der Waals surface area contributed by atoms with E-state index in [-0.39, 0.29) is 11.5 Å². The second-order valence-corrected chi connectivity index (χ2v) is 4.46. The molecule has 2 aromatic heterocycles. The van der Waals surface area contributed by atoms with Crippen LogP contribution in [0.15, 0.2) is 22.0 Å². The molecule has 0 saturated heterocycles. The number of rotatable bonds is 5. The second kappa shape index (κ2) is 5.64. The van der Waals surface area contributed by atoms with Crippen molar-refractivity contribution in [2.24, 2.45) is 7.05 Å². The van der Waals surface area contributed by atoms with Gasteiger partial charge in [0.15, 0.2) is 0 Å². The standard InChI is InChI=1S/C12H18N6O2/c1-3-18-10(13)9(11(19)16-12(18)20)14-5-4-8-6-15-17(2)7-8/h6-7,14H,3-5,13H2,1-2H3,(H,16,19,20). The molecule has 0 atom stereocenters. The number of hydrogen-bond donors (Lipinski definition) is 3. The van der Waals surface area contributed by atoms with Crippen molar-refractivity contribution >= 4 is 11.5 Å². The van der Waals surface area contributed by atoms with Gasteiger partial charge in [-0.3, -0.25) is 19.0 Å². The molecule has 0 unspecified atom stereocenters. The predicted octanol–water partition coefficient (Wildman–Crippen LogP) is -0.473. The maximum absolute atomic E-state index is 11.7. The third-order valence-corrected chi connectivity index (χ3v) is 3.03. The number of hydrogen-bond acceptors (Lipinski definition) is 5. The average Bonchev–Trinajstić information content (AvgIpc) is 2.79. The molecular weight excluding hydrogens is 260 g/mol. The van der Waals surface area contributed by atoms with Gasteiger partial charge in [-0.1, -0.05) is 0 Å². The monoisotopic (exact) mass is 278 g/mol. The van der Waals surface area contributed by atoms with E-state index in [1.165, 1.54) is 4.57 Å². The molecule has 0 bridgehead atoms. The summed E-state index contributed by atoms with van der Waals surface area (Å²) in [5, 5.41) is 7.04. The molecule has 4 N–H and O–H groups in total. The zero-order valence-corrected chi connectivity index (χ0v) is 11.5. The number of aromatic amines is 1. The van der Waals surface area contributed by atoms with E-state index in [0.717, 1.165) is 5.56 Å². The molecule has 108 valence electrons. The molecule has 0 amide bonds. The zero-order chi connectivity index (χ0) is 14.7. The van der Waals surface area contributed by atoms with Crippen molar-refractivity contribution in [1.29, 1.82) is 0 Å². The quantitative estimate of drug-likeness (QED) is 0.684. The highest BCUT2D eigenvalue weighted by molar-refractivity contribution is 5.60. The maximum atomic E-state index is 11.7. The van der Waals surface area contributed by atoms with Gasteiger partial charge in [-0.25, -0.2) is 4.79 Å². The van der Waals surface area contributed by atoms with Gasteiger partial charge >= 0.3 is 5.69 Å². The number of nitrogens with zero attached hydrogens (tertiary/aromatic N) is 3. The van der Waals surface area contributed by atoms with E-state index in [1.807, 2.05) is 13.2 Å². The van der Waals surface area contributed by atoms with Crippen LogP contribution in [0.3, 0.4) is 0 Å². The molecule has 0 radical (unpaired) electrons. The highest BCUT2D eigenvalue weighted by atomic mass is 16.2. The van der Waals surface area contributed by atoms with Gasteiger partial charge in [0, 0.05) is 26.3 Å². The summed E-state index contributed by atoms with van der Waals surface area (Å²) in [5.74, 6) is 0.160. The second-order valence-electron chi connectivity index (χ2n) is 4.46. The molecule has 0 aromatic carbocycles.